The molecule has 1 aromatic heterocycles. The molecule has 21 heavy (non-hydrogen) atoms. The number of nitrogens with one attached hydrogen (secondary N) is 2. The minimum atomic E-state index is -0.893. The molecule has 0 aliphatic heterocycles. The average Bonchev–Trinajstić information content (AvgIpc) is 2.99. The summed E-state index contributed by atoms with van der Waals surface area (Å²) in [6.07, 6.45) is 1.49. The fourth-order valence-electron chi connectivity index (χ4n) is 2.08. The monoisotopic (exact) mass is 289 g/mol. The summed E-state index contributed by atoms with van der Waals surface area (Å²) >= 11 is 0. The van der Waals surface area contributed by atoms with Crippen LogP contribution in [0.5, 0.6) is 0 Å². The molecule has 3 N–H and O–H groups in total. The maximum absolute atomic E-state index is 12.1. The van der Waals surface area contributed by atoms with Gasteiger partial charge in [-0.25, -0.2) is 0 Å². The van der Waals surface area contributed by atoms with Crippen molar-refractivity contribution in [1.29, 1.82) is 0 Å². The molecule has 7 nitrogen and oxygen atoms in total. The first-order valence-electron chi connectivity index (χ1n) is 6.86. The molecule has 112 valence electrons. The molecule has 0 aliphatic rings. The zero-order chi connectivity index (χ0) is 15.3. The minimum absolute atomic E-state index is 0.214. The highest BCUT2D eigenvalue weighted by Crippen LogP contribution is 2.15. The van der Waals surface area contributed by atoms with Gasteiger partial charge in [0, 0.05) is 17.7 Å². The van der Waals surface area contributed by atoms with Crippen LogP contribution >= 0.6 is 0 Å². The zero-order valence-corrected chi connectivity index (χ0v) is 12.1. The number of aromatic nitrogens is 4. The van der Waals surface area contributed by atoms with Crippen LogP contribution in [0.3, 0.4) is 0 Å². The van der Waals surface area contributed by atoms with Gasteiger partial charge in [-0.1, -0.05) is 25.5 Å². The fourth-order valence-corrected chi connectivity index (χ4v) is 2.08. The van der Waals surface area contributed by atoms with Crippen LogP contribution in [0.1, 0.15) is 37.0 Å². The van der Waals surface area contributed by atoms with E-state index in [0.29, 0.717) is 23.4 Å². The Morgan fingerprint density at radius 3 is 2.95 bits per heavy atom. The molecule has 1 heterocycles. The first-order chi connectivity index (χ1) is 10.0. The van der Waals surface area contributed by atoms with Gasteiger partial charge in [-0.05, 0) is 30.7 Å². The topological polar surface area (TPSA) is 104 Å². The molecule has 0 aliphatic carbocycles. The molecular formula is C14H19N5O2. The molecule has 0 saturated carbocycles. The number of aromatic amines is 1. The molecule has 2 aromatic rings. The van der Waals surface area contributed by atoms with Crippen molar-refractivity contribution in [1.82, 2.24) is 25.9 Å². The third kappa shape index (κ3) is 4.09. The summed E-state index contributed by atoms with van der Waals surface area (Å²) in [5, 5.41) is 26.4. The van der Waals surface area contributed by atoms with Crippen molar-refractivity contribution >= 4 is 5.91 Å². The second-order valence-electron chi connectivity index (χ2n) is 5.25. The average molecular weight is 289 g/mol. The number of hydrogen-bond acceptors (Lipinski definition) is 5. The molecule has 2 rings (SSSR count). The first kappa shape index (κ1) is 15.1. The third-order valence-corrected chi connectivity index (χ3v) is 3.15. The van der Waals surface area contributed by atoms with Gasteiger partial charge in [0.1, 0.15) is 0 Å². The van der Waals surface area contributed by atoms with Gasteiger partial charge < -0.3 is 10.4 Å². The van der Waals surface area contributed by atoms with Crippen LogP contribution < -0.4 is 5.32 Å². The van der Waals surface area contributed by atoms with E-state index in [1.807, 2.05) is 6.92 Å². The Labute approximate surface area is 122 Å². The molecule has 1 aromatic carbocycles. The van der Waals surface area contributed by atoms with Gasteiger partial charge >= 0.3 is 0 Å². The molecule has 1 amide bonds. The third-order valence-electron chi connectivity index (χ3n) is 3.15. The second kappa shape index (κ2) is 6.45. The maximum Gasteiger partial charge on any atom is 0.251 e. The summed E-state index contributed by atoms with van der Waals surface area (Å²) in [4.78, 5) is 12.1. The number of tetrazole rings is 1. The van der Waals surface area contributed by atoms with Gasteiger partial charge in [0.2, 0.25) is 5.82 Å². The van der Waals surface area contributed by atoms with Crippen LogP contribution in [0.2, 0.25) is 0 Å². The van der Waals surface area contributed by atoms with E-state index in [4.69, 9.17) is 0 Å². The Kier molecular flexibility index (Phi) is 4.64. The van der Waals surface area contributed by atoms with E-state index in [9.17, 15) is 9.90 Å². The quantitative estimate of drug-likeness (QED) is 0.740. The van der Waals surface area contributed by atoms with Gasteiger partial charge in [-0.15, -0.1) is 10.2 Å². The lowest BCUT2D eigenvalue weighted by molar-refractivity contribution is 0.0469. The van der Waals surface area contributed by atoms with Crippen LogP contribution in [0.15, 0.2) is 24.3 Å². The Hall–Kier alpha value is -2.28. The number of hydrogen-bond donors (Lipinski definition) is 3. The molecule has 7 heteroatoms. The van der Waals surface area contributed by atoms with Crippen molar-refractivity contribution in [3.8, 4) is 11.4 Å². The Bertz CT molecular complexity index is 595. The van der Waals surface area contributed by atoms with Crippen molar-refractivity contribution in [2.75, 3.05) is 6.54 Å². The van der Waals surface area contributed by atoms with E-state index in [1.54, 1.807) is 31.2 Å². The van der Waals surface area contributed by atoms with E-state index >= 15 is 0 Å². The zero-order valence-electron chi connectivity index (χ0n) is 12.1. The molecule has 0 bridgehead atoms. The first-order valence-corrected chi connectivity index (χ1v) is 6.86. The Morgan fingerprint density at radius 2 is 2.29 bits per heavy atom. The van der Waals surface area contributed by atoms with Gasteiger partial charge in [0.05, 0.1) is 5.60 Å². The predicted molar refractivity (Wildman–Crippen MR) is 77.5 cm³/mol. The number of carbonyl (C=O) groups excluding carboxylic acids is 1. The Morgan fingerprint density at radius 1 is 1.48 bits per heavy atom. The second-order valence-corrected chi connectivity index (χ2v) is 5.25. The van der Waals surface area contributed by atoms with Crippen LogP contribution in [0.4, 0.5) is 0 Å². The van der Waals surface area contributed by atoms with Crippen LogP contribution in [0.25, 0.3) is 11.4 Å². The number of nitrogens with zero attached hydrogens (tertiary/aromatic N) is 3. The molecule has 0 spiro atoms. The largest absolute Gasteiger partial charge is 0.388 e. The number of benzene rings is 1. The highest BCUT2D eigenvalue weighted by molar-refractivity contribution is 5.95. The number of aliphatic hydroxyl groups is 1. The maximum atomic E-state index is 12.1. The van der Waals surface area contributed by atoms with E-state index in [-0.39, 0.29) is 12.5 Å². The van der Waals surface area contributed by atoms with Gasteiger partial charge in [0.15, 0.2) is 0 Å². The molecule has 0 fully saturated rings. The highest BCUT2D eigenvalue weighted by atomic mass is 16.3. The van der Waals surface area contributed by atoms with E-state index < -0.39 is 5.60 Å². The van der Waals surface area contributed by atoms with Gasteiger partial charge in [-0.2, -0.15) is 5.21 Å². The number of H-pyrrole nitrogens is 1. The lowest BCUT2D eigenvalue weighted by Crippen LogP contribution is -2.40. The molecule has 0 saturated heterocycles. The molecule has 0 radical (unpaired) electrons. The fraction of sp³-hybridized carbons (Fsp3) is 0.429. The van der Waals surface area contributed by atoms with E-state index in [0.717, 1.165) is 6.42 Å². The molecule has 1 unspecified atom stereocenters. The summed E-state index contributed by atoms with van der Waals surface area (Å²) in [6.45, 7) is 3.92. The lowest BCUT2D eigenvalue weighted by atomic mass is 10.0. The SMILES string of the molecule is CCCC(C)(O)CNC(=O)c1cccc(-c2nn[nH]n2)c1. The van der Waals surface area contributed by atoms with Crippen molar-refractivity contribution < 1.29 is 9.90 Å². The van der Waals surface area contributed by atoms with Crippen LogP contribution in [-0.4, -0.2) is 43.8 Å². The number of rotatable bonds is 6. The van der Waals surface area contributed by atoms with E-state index in [1.165, 1.54) is 0 Å². The lowest BCUT2D eigenvalue weighted by Gasteiger charge is -2.22. The van der Waals surface area contributed by atoms with E-state index in [2.05, 4.69) is 25.9 Å². The normalized spacial score (nSPS) is 13.7. The van der Waals surface area contributed by atoms with Crippen LogP contribution in [-0.2, 0) is 0 Å². The van der Waals surface area contributed by atoms with Gasteiger partial charge in [-0.3, -0.25) is 4.79 Å². The molecule has 1 atom stereocenters. The summed E-state index contributed by atoms with van der Waals surface area (Å²) in [5.74, 6) is 0.194. The highest BCUT2D eigenvalue weighted by Gasteiger charge is 2.20. The van der Waals surface area contributed by atoms with Crippen molar-refractivity contribution in [2.24, 2.45) is 0 Å². The van der Waals surface area contributed by atoms with Crippen LogP contribution in [0, 0.1) is 0 Å². The minimum Gasteiger partial charge on any atom is -0.388 e. The standard InChI is InChI=1S/C14H19N5O2/c1-3-7-14(2,21)9-15-13(20)11-6-4-5-10(8-11)12-16-18-19-17-12/h4-6,8,21H,3,7,9H2,1-2H3,(H,15,20)(H,16,17,18,19). The summed E-state index contributed by atoms with van der Waals surface area (Å²) in [6, 6.07) is 6.95. The summed E-state index contributed by atoms with van der Waals surface area (Å²) in [5.41, 5.74) is 0.302. The van der Waals surface area contributed by atoms with Gasteiger partial charge in [0.25, 0.3) is 5.91 Å². The van der Waals surface area contributed by atoms with Crippen molar-refractivity contribution in [2.45, 2.75) is 32.3 Å². The van der Waals surface area contributed by atoms with Crippen molar-refractivity contribution in [3.05, 3.63) is 29.8 Å². The number of amides is 1. The summed E-state index contributed by atoms with van der Waals surface area (Å²) in [7, 11) is 0. The summed E-state index contributed by atoms with van der Waals surface area (Å²) < 4.78 is 0. The Balaban J connectivity index is 2.05. The predicted octanol–water partition coefficient (Wildman–Crippen LogP) is 1.15. The smallest absolute Gasteiger partial charge is 0.251 e. The number of carbonyl (C=O) groups is 1. The molecular weight excluding hydrogens is 270 g/mol. The van der Waals surface area contributed by atoms with Crippen molar-refractivity contribution in [3.63, 3.8) is 0 Å².